The Labute approximate surface area is 120 Å². The first-order valence-electron chi connectivity index (χ1n) is 6.13. The van der Waals surface area contributed by atoms with Gasteiger partial charge in [-0.05, 0) is 24.4 Å². The van der Waals surface area contributed by atoms with Crippen LogP contribution in [0.4, 0.5) is 0 Å². The lowest BCUT2D eigenvalue weighted by molar-refractivity contribution is 0.0993. The van der Waals surface area contributed by atoms with Gasteiger partial charge in [0.05, 0.1) is 28.5 Å². The first kappa shape index (κ1) is 14.1. The molecule has 0 spiro atoms. The predicted octanol–water partition coefficient (Wildman–Crippen LogP) is 2.48. The van der Waals surface area contributed by atoms with E-state index in [-0.39, 0.29) is 12.2 Å². The molecule has 0 radical (unpaired) electrons. The van der Waals surface area contributed by atoms with Crippen molar-refractivity contribution in [1.29, 1.82) is 0 Å². The minimum atomic E-state index is -0.000553. The lowest BCUT2D eigenvalue weighted by Crippen LogP contribution is -2.08. The second-order valence-corrected chi connectivity index (χ2v) is 5.32. The number of rotatable bonds is 5. The molecule has 102 valence electrons. The molecule has 7 heteroatoms. The molecule has 2 aromatic rings. The smallest absolute Gasteiger partial charge is 0.182 e. The van der Waals surface area contributed by atoms with Crippen LogP contribution >= 0.6 is 23.1 Å². The summed E-state index contributed by atoms with van der Waals surface area (Å²) < 4.78 is 5.52. The lowest BCUT2D eigenvalue weighted by atomic mass is 10.1. The van der Waals surface area contributed by atoms with Gasteiger partial charge in [0.15, 0.2) is 5.78 Å². The standard InChI is InChI=1S/C12H15ClN4OS/c1-4-7-11(13)9(17(3)15-7)6-10(18)12-8(5-2)14-16-19-12/h4-6H2,1-3H3. The van der Waals surface area contributed by atoms with Crippen molar-refractivity contribution in [2.75, 3.05) is 0 Å². The molecule has 0 saturated heterocycles. The predicted molar refractivity (Wildman–Crippen MR) is 74.9 cm³/mol. The number of hydrogen-bond acceptors (Lipinski definition) is 5. The zero-order chi connectivity index (χ0) is 14.0. The minimum absolute atomic E-state index is 0.000553. The fraction of sp³-hybridized carbons (Fsp3) is 0.500. The molecule has 0 aliphatic carbocycles. The number of nitrogens with zero attached hydrogens (tertiary/aromatic N) is 4. The molecule has 0 aliphatic rings. The molecule has 0 aromatic carbocycles. The second kappa shape index (κ2) is 5.79. The zero-order valence-electron chi connectivity index (χ0n) is 11.1. The van der Waals surface area contributed by atoms with Crippen LogP contribution in [0.1, 0.15) is 40.6 Å². The van der Waals surface area contributed by atoms with Crippen LogP contribution in [-0.4, -0.2) is 25.2 Å². The average molecular weight is 299 g/mol. The zero-order valence-corrected chi connectivity index (χ0v) is 12.7. The molecular weight excluding hydrogens is 284 g/mol. The Morgan fingerprint density at radius 1 is 1.32 bits per heavy atom. The summed E-state index contributed by atoms with van der Waals surface area (Å²) in [7, 11) is 1.80. The van der Waals surface area contributed by atoms with Gasteiger partial charge in [-0.1, -0.05) is 29.9 Å². The van der Waals surface area contributed by atoms with Crippen LogP contribution in [-0.2, 0) is 26.3 Å². The highest BCUT2D eigenvalue weighted by Crippen LogP contribution is 2.23. The normalized spacial score (nSPS) is 10.9. The van der Waals surface area contributed by atoms with Crippen LogP contribution in [0.15, 0.2) is 0 Å². The van der Waals surface area contributed by atoms with E-state index in [0.717, 1.165) is 35.0 Å². The summed E-state index contributed by atoms with van der Waals surface area (Å²) in [5.41, 5.74) is 2.33. The quantitative estimate of drug-likeness (QED) is 0.796. The molecular formula is C12H15ClN4OS. The summed E-state index contributed by atoms with van der Waals surface area (Å²) in [6, 6.07) is 0. The second-order valence-electron chi connectivity index (χ2n) is 4.19. The summed E-state index contributed by atoms with van der Waals surface area (Å²) in [6.07, 6.45) is 1.69. The topological polar surface area (TPSA) is 60.7 Å². The van der Waals surface area contributed by atoms with E-state index in [2.05, 4.69) is 14.7 Å². The van der Waals surface area contributed by atoms with Gasteiger partial charge in [-0.3, -0.25) is 9.48 Å². The van der Waals surface area contributed by atoms with Crippen LogP contribution in [0.3, 0.4) is 0 Å². The Bertz CT molecular complexity index is 605. The van der Waals surface area contributed by atoms with E-state index in [1.54, 1.807) is 11.7 Å². The SMILES string of the molecule is CCc1nnsc1C(=O)Cc1c(Cl)c(CC)nn1C. The number of halogens is 1. The van der Waals surface area contributed by atoms with Gasteiger partial charge >= 0.3 is 0 Å². The molecule has 2 aromatic heterocycles. The van der Waals surface area contributed by atoms with Crippen molar-refractivity contribution in [2.24, 2.45) is 7.05 Å². The van der Waals surface area contributed by atoms with Gasteiger partial charge in [-0.15, -0.1) is 5.10 Å². The maximum Gasteiger partial charge on any atom is 0.182 e. The summed E-state index contributed by atoms with van der Waals surface area (Å²) >= 11 is 7.39. The van der Waals surface area contributed by atoms with Crippen LogP contribution in [0.5, 0.6) is 0 Å². The Morgan fingerprint density at radius 2 is 2.00 bits per heavy atom. The highest BCUT2D eigenvalue weighted by molar-refractivity contribution is 7.08. The van der Waals surface area contributed by atoms with Crippen molar-refractivity contribution in [3.05, 3.63) is 27.0 Å². The first-order valence-corrected chi connectivity index (χ1v) is 7.28. The number of hydrogen-bond donors (Lipinski definition) is 0. The van der Waals surface area contributed by atoms with Crippen molar-refractivity contribution in [3.8, 4) is 0 Å². The van der Waals surface area contributed by atoms with E-state index < -0.39 is 0 Å². The maximum absolute atomic E-state index is 12.3. The van der Waals surface area contributed by atoms with Gasteiger partial charge < -0.3 is 0 Å². The first-order chi connectivity index (χ1) is 9.08. The minimum Gasteiger partial charge on any atom is -0.293 e. The fourth-order valence-electron chi connectivity index (χ4n) is 1.90. The Morgan fingerprint density at radius 3 is 2.58 bits per heavy atom. The molecule has 0 N–H and O–H groups in total. The van der Waals surface area contributed by atoms with Crippen LogP contribution < -0.4 is 0 Å². The van der Waals surface area contributed by atoms with Crippen LogP contribution in [0.25, 0.3) is 0 Å². The third-order valence-electron chi connectivity index (χ3n) is 2.97. The van der Waals surface area contributed by atoms with Crippen LogP contribution in [0.2, 0.25) is 5.02 Å². The largest absolute Gasteiger partial charge is 0.293 e. The maximum atomic E-state index is 12.3. The number of aryl methyl sites for hydroxylation is 3. The van der Waals surface area contributed by atoms with Crippen molar-refractivity contribution >= 4 is 28.9 Å². The highest BCUT2D eigenvalue weighted by atomic mass is 35.5. The fourth-order valence-corrected chi connectivity index (χ4v) is 2.94. The van der Waals surface area contributed by atoms with Crippen molar-refractivity contribution < 1.29 is 4.79 Å². The molecule has 0 saturated carbocycles. The number of carbonyl (C=O) groups is 1. The Balaban J connectivity index is 2.27. The summed E-state index contributed by atoms with van der Waals surface area (Å²) in [5.74, 6) is -0.000553. The molecule has 0 aliphatic heterocycles. The summed E-state index contributed by atoms with van der Waals surface area (Å²) in [6.45, 7) is 3.95. The van der Waals surface area contributed by atoms with E-state index in [9.17, 15) is 4.79 Å². The van der Waals surface area contributed by atoms with E-state index in [1.807, 2.05) is 13.8 Å². The molecule has 2 rings (SSSR count). The molecule has 2 heterocycles. The van der Waals surface area contributed by atoms with Crippen molar-refractivity contribution in [3.63, 3.8) is 0 Å². The van der Waals surface area contributed by atoms with Gasteiger partial charge in [-0.25, -0.2) is 0 Å². The third-order valence-corrected chi connectivity index (χ3v) is 4.22. The summed E-state index contributed by atoms with van der Waals surface area (Å²) in [5, 5.41) is 8.86. The van der Waals surface area contributed by atoms with E-state index >= 15 is 0 Å². The van der Waals surface area contributed by atoms with Gasteiger partial charge in [-0.2, -0.15) is 5.10 Å². The molecule has 5 nitrogen and oxygen atoms in total. The molecule has 0 unspecified atom stereocenters. The van der Waals surface area contributed by atoms with E-state index in [4.69, 9.17) is 11.6 Å². The van der Waals surface area contributed by atoms with Gasteiger partial charge in [0.25, 0.3) is 0 Å². The molecule has 19 heavy (non-hydrogen) atoms. The van der Waals surface area contributed by atoms with Crippen molar-refractivity contribution in [1.82, 2.24) is 19.4 Å². The van der Waals surface area contributed by atoms with Gasteiger partial charge in [0.1, 0.15) is 4.88 Å². The highest BCUT2D eigenvalue weighted by Gasteiger charge is 2.20. The average Bonchev–Trinajstić information content (AvgIpc) is 2.97. The summed E-state index contributed by atoms with van der Waals surface area (Å²) in [4.78, 5) is 12.9. The number of aromatic nitrogens is 4. The lowest BCUT2D eigenvalue weighted by Gasteiger charge is -2.01. The van der Waals surface area contributed by atoms with Crippen LogP contribution in [0, 0.1) is 0 Å². The Kier molecular flexibility index (Phi) is 4.31. The van der Waals surface area contributed by atoms with Gasteiger partial charge in [0.2, 0.25) is 0 Å². The molecule has 0 amide bonds. The number of carbonyl (C=O) groups excluding carboxylic acids is 1. The van der Waals surface area contributed by atoms with E-state index in [1.165, 1.54) is 0 Å². The van der Waals surface area contributed by atoms with Gasteiger partial charge in [0, 0.05) is 7.05 Å². The monoisotopic (exact) mass is 298 g/mol. The van der Waals surface area contributed by atoms with E-state index in [0.29, 0.717) is 16.3 Å². The number of Topliss-reactive ketones (excluding diaryl/α,β-unsaturated/α-hetero) is 1. The third kappa shape index (κ3) is 2.69. The molecule has 0 bridgehead atoms. The molecule has 0 atom stereocenters. The van der Waals surface area contributed by atoms with Crippen molar-refractivity contribution in [2.45, 2.75) is 33.1 Å². The number of ketones is 1. The molecule has 0 fully saturated rings. The Hall–Kier alpha value is -1.27.